The molecule has 0 fully saturated rings. The molecule has 1 atom stereocenters. The molecule has 0 spiro atoms. The quantitative estimate of drug-likeness (QED) is 0.411. The molecule has 3 aromatic rings. The molecule has 22 heavy (non-hydrogen) atoms. The predicted octanol–water partition coefficient (Wildman–Crippen LogP) is 4.01. The number of methoxy groups -OCH3 is 1. The summed E-state index contributed by atoms with van der Waals surface area (Å²) in [6.07, 6.45) is 1.54. The van der Waals surface area contributed by atoms with Crippen LogP contribution in [0.2, 0.25) is 0 Å². The lowest BCUT2D eigenvalue weighted by atomic mass is 10.1. The summed E-state index contributed by atoms with van der Waals surface area (Å²) in [7, 11) is 1.40. The van der Waals surface area contributed by atoms with Crippen molar-refractivity contribution < 1.29 is 9.53 Å². The number of hydrogen-bond acceptors (Lipinski definition) is 6. The maximum absolute atomic E-state index is 11.7. The molecule has 4 nitrogen and oxygen atoms in total. The highest BCUT2D eigenvalue weighted by Gasteiger charge is 2.19. The first-order valence-electron chi connectivity index (χ1n) is 6.73. The number of fused-ring (bicyclic) bond motifs is 1. The highest BCUT2D eigenvalue weighted by Crippen LogP contribution is 2.38. The van der Waals surface area contributed by atoms with E-state index in [2.05, 4.69) is 27.5 Å². The summed E-state index contributed by atoms with van der Waals surface area (Å²) in [4.78, 5) is 21.3. The van der Waals surface area contributed by atoms with Gasteiger partial charge in [0.05, 0.1) is 12.5 Å². The Hall–Kier alpha value is -1.92. The summed E-state index contributed by atoms with van der Waals surface area (Å²) in [6.45, 7) is 1.82. The Morgan fingerprint density at radius 3 is 2.77 bits per heavy atom. The highest BCUT2D eigenvalue weighted by molar-refractivity contribution is 8.00. The largest absolute Gasteiger partial charge is 0.468 e. The summed E-state index contributed by atoms with van der Waals surface area (Å²) in [5.41, 5.74) is 2.22. The number of thioether (sulfide) groups is 1. The number of aromatic nitrogens is 2. The molecule has 0 amide bonds. The van der Waals surface area contributed by atoms with Gasteiger partial charge in [-0.15, -0.1) is 11.3 Å². The van der Waals surface area contributed by atoms with Crippen LogP contribution in [0.3, 0.4) is 0 Å². The van der Waals surface area contributed by atoms with Gasteiger partial charge >= 0.3 is 5.97 Å². The zero-order chi connectivity index (χ0) is 15.5. The summed E-state index contributed by atoms with van der Waals surface area (Å²) >= 11 is 2.98. The average molecular weight is 330 g/mol. The molecule has 0 unspecified atom stereocenters. The minimum absolute atomic E-state index is 0.256. The lowest BCUT2D eigenvalue weighted by Gasteiger charge is -2.09. The van der Waals surface area contributed by atoms with Crippen LogP contribution in [0.5, 0.6) is 0 Å². The first kappa shape index (κ1) is 15.0. The standard InChI is InChI=1S/C16H14N2O2S2/c1-10(16(19)20-2)22-15-13-12(11-6-4-3-5-7-11)8-21-14(13)17-9-18-15/h3-10H,1-2H3/t10-/m1/s1. The minimum atomic E-state index is -0.313. The van der Waals surface area contributed by atoms with E-state index in [1.54, 1.807) is 17.7 Å². The molecule has 1 aromatic carbocycles. The first-order chi connectivity index (χ1) is 10.7. The molecule has 2 heterocycles. The molecular weight excluding hydrogens is 316 g/mol. The fourth-order valence-electron chi connectivity index (χ4n) is 2.15. The second-order valence-corrected chi connectivity index (χ2v) is 6.85. The monoisotopic (exact) mass is 330 g/mol. The smallest absolute Gasteiger partial charge is 0.318 e. The van der Waals surface area contributed by atoms with E-state index in [4.69, 9.17) is 4.74 Å². The predicted molar refractivity (Wildman–Crippen MR) is 90.2 cm³/mol. The maximum atomic E-state index is 11.7. The maximum Gasteiger partial charge on any atom is 0.318 e. The molecule has 0 aliphatic heterocycles. The molecule has 2 aromatic heterocycles. The molecule has 6 heteroatoms. The van der Waals surface area contributed by atoms with Gasteiger partial charge < -0.3 is 4.74 Å². The summed E-state index contributed by atoms with van der Waals surface area (Å²) < 4.78 is 4.79. The van der Waals surface area contributed by atoms with E-state index in [0.717, 1.165) is 26.4 Å². The molecular formula is C16H14N2O2S2. The van der Waals surface area contributed by atoms with E-state index in [9.17, 15) is 4.79 Å². The molecule has 112 valence electrons. The van der Waals surface area contributed by atoms with Crippen molar-refractivity contribution in [2.45, 2.75) is 17.2 Å². The van der Waals surface area contributed by atoms with Gasteiger partial charge in [-0.1, -0.05) is 42.1 Å². The first-order valence-corrected chi connectivity index (χ1v) is 8.48. The number of carbonyl (C=O) groups is 1. The number of esters is 1. The van der Waals surface area contributed by atoms with Gasteiger partial charge in [0.15, 0.2) is 0 Å². The number of ether oxygens (including phenoxy) is 1. The molecule has 0 bridgehead atoms. The number of thiophene rings is 1. The van der Waals surface area contributed by atoms with E-state index < -0.39 is 0 Å². The Bertz CT molecular complexity index is 802. The van der Waals surface area contributed by atoms with Crippen LogP contribution in [-0.2, 0) is 9.53 Å². The van der Waals surface area contributed by atoms with Gasteiger partial charge in [-0.2, -0.15) is 0 Å². The molecule has 0 saturated heterocycles. The number of hydrogen-bond donors (Lipinski definition) is 0. The third kappa shape index (κ3) is 2.84. The van der Waals surface area contributed by atoms with E-state index in [-0.39, 0.29) is 11.2 Å². The minimum Gasteiger partial charge on any atom is -0.468 e. The molecule has 3 rings (SSSR count). The Labute approximate surface area is 136 Å². The van der Waals surface area contributed by atoms with Crippen molar-refractivity contribution in [1.82, 2.24) is 9.97 Å². The van der Waals surface area contributed by atoms with Gasteiger partial charge in [-0.05, 0) is 12.5 Å². The van der Waals surface area contributed by atoms with E-state index >= 15 is 0 Å². The van der Waals surface area contributed by atoms with Gasteiger partial charge in [0, 0.05) is 10.9 Å². The van der Waals surface area contributed by atoms with Gasteiger partial charge in [-0.25, -0.2) is 9.97 Å². The summed E-state index contributed by atoms with van der Waals surface area (Å²) in [5.74, 6) is -0.256. The second-order valence-electron chi connectivity index (χ2n) is 4.66. The number of nitrogens with zero attached hydrogens (tertiary/aromatic N) is 2. The SMILES string of the molecule is COC(=O)[C@@H](C)Sc1ncnc2scc(-c3ccccc3)c12. The fraction of sp³-hybridized carbons (Fsp3) is 0.188. The van der Waals surface area contributed by atoms with Crippen LogP contribution in [0.1, 0.15) is 6.92 Å². The number of rotatable bonds is 4. The highest BCUT2D eigenvalue weighted by atomic mass is 32.2. The van der Waals surface area contributed by atoms with Crippen LogP contribution in [0, 0.1) is 0 Å². The van der Waals surface area contributed by atoms with Crippen molar-refractivity contribution in [3.8, 4) is 11.1 Å². The Balaban J connectivity index is 2.08. The third-order valence-electron chi connectivity index (χ3n) is 3.24. The van der Waals surface area contributed by atoms with Crippen LogP contribution < -0.4 is 0 Å². The average Bonchev–Trinajstić information content (AvgIpc) is 3.00. The third-order valence-corrected chi connectivity index (χ3v) is 5.21. The van der Waals surface area contributed by atoms with E-state index in [1.807, 2.05) is 25.1 Å². The molecule has 0 aliphatic rings. The van der Waals surface area contributed by atoms with Crippen molar-refractivity contribution in [2.24, 2.45) is 0 Å². The van der Waals surface area contributed by atoms with Crippen LogP contribution in [-0.4, -0.2) is 28.3 Å². The van der Waals surface area contributed by atoms with Crippen LogP contribution >= 0.6 is 23.1 Å². The van der Waals surface area contributed by atoms with Crippen molar-refractivity contribution in [3.63, 3.8) is 0 Å². The Kier molecular flexibility index (Phi) is 4.40. The zero-order valence-electron chi connectivity index (χ0n) is 12.1. The van der Waals surface area contributed by atoms with Crippen molar-refractivity contribution >= 4 is 39.3 Å². The second kappa shape index (κ2) is 6.46. The van der Waals surface area contributed by atoms with E-state index in [1.165, 1.54) is 18.9 Å². The van der Waals surface area contributed by atoms with Crippen LogP contribution in [0.15, 0.2) is 47.1 Å². The lowest BCUT2D eigenvalue weighted by molar-refractivity contribution is -0.139. The van der Waals surface area contributed by atoms with Gasteiger partial charge in [0.25, 0.3) is 0 Å². The summed E-state index contributed by atoms with van der Waals surface area (Å²) in [5, 5.41) is 3.58. The molecule has 0 N–H and O–H groups in total. The Morgan fingerprint density at radius 2 is 2.05 bits per heavy atom. The van der Waals surface area contributed by atoms with Gasteiger partial charge in [0.2, 0.25) is 0 Å². The number of benzene rings is 1. The fourth-order valence-corrected chi connectivity index (χ4v) is 4.09. The molecule has 0 radical (unpaired) electrons. The lowest BCUT2D eigenvalue weighted by Crippen LogP contribution is -2.14. The normalized spacial score (nSPS) is 12.3. The number of carbonyl (C=O) groups excluding carboxylic acids is 1. The van der Waals surface area contributed by atoms with Crippen LogP contribution in [0.4, 0.5) is 0 Å². The van der Waals surface area contributed by atoms with E-state index in [0.29, 0.717) is 0 Å². The van der Waals surface area contributed by atoms with Crippen molar-refractivity contribution in [3.05, 3.63) is 42.0 Å². The van der Waals surface area contributed by atoms with Gasteiger partial charge in [0.1, 0.15) is 21.4 Å². The topological polar surface area (TPSA) is 52.1 Å². The Morgan fingerprint density at radius 1 is 1.27 bits per heavy atom. The van der Waals surface area contributed by atoms with Crippen molar-refractivity contribution in [2.75, 3.05) is 7.11 Å². The summed E-state index contributed by atoms with van der Waals surface area (Å²) in [6, 6.07) is 10.1. The van der Waals surface area contributed by atoms with Crippen molar-refractivity contribution in [1.29, 1.82) is 0 Å². The zero-order valence-corrected chi connectivity index (χ0v) is 13.8. The van der Waals surface area contributed by atoms with Gasteiger partial charge in [-0.3, -0.25) is 4.79 Å². The van der Waals surface area contributed by atoms with Crippen LogP contribution in [0.25, 0.3) is 21.3 Å². The molecule has 0 aliphatic carbocycles. The molecule has 0 saturated carbocycles.